The first kappa shape index (κ1) is 15.5. The predicted molar refractivity (Wildman–Crippen MR) is 85.8 cm³/mol. The Morgan fingerprint density at radius 3 is 2.90 bits per heavy atom. The Morgan fingerprint density at radius 1 is 1.50 bits per heavy atom. The summed E-state index contributed by atoms with van der Waals surface area (Å²) in [7, 11) is -3.44. The van der Waals surface area contributed by atoms with Gasteiger partial charge in [-0.05, 0) is 18.2 Å². The lowest BCUT2D eigenvalue weighted by atomic mass is 10.2. The molecule has 0 spiro atoms. The maximum Gasteiger partial charge on any atom is 0.240 e. The van der Waals surface area contributed by atoms with Gasteiger partial charge in [0.15, 0.2) is 0 Å². The minimum atomic E-state index is -3.44. The van der Waals surface area contributed by atoms with Crippen LogP contribution in [0.15, 0.2) is 23.1 Å². The lowest BCUT2D eigenvalue weighted by molar-refractivity contribution is 0.584. The van der Waals surface area contributed by atoms with Crippen molar-refractivity contribution in [1.29, 1.82) is 0 Å². The fourth-order valence-corrected chi connectivity index (χ4v) is 4.35. The van der Waals surface area contributed by atoms with E-state index in [0.29, 0.717) is 17.5 Å². The summed E-state index contributed by atoms with van der Waals surface area (Å²) in [6.45, 7) is 6.09. The molecule has 1 fully saturated rings. The van der Waals surface area contributed by atoms with Gasteiger partial charge in [0.25, 0.3) is 0 Å². The highest BCUT2D eigenvalue weighted by Gasteiger charge is 2.21. The van der Waals surface area contributed by atoms with Crippen molar-refractivity contribution in [3.05, 3.63) is 18.2 Å². The first-order chi connectivity index (χ1) is 9.44. The third-order valence-electron chi connectivity index (χ3n) is 3.23. The van der Waals surface area contributed by atoms with E-state index in [1.165, 1.54) is 0 Å². The van der Waals surface area contributed by atoms with Gasteiger partial charge in [-0.2, -0.15) is 11.8 Å². The van der Waals surface area contributed by atoms with Gasteiger partial charge in [0.05, 0.1) is 16.3 Å². The van der Waals surface area contributed by atoms with Crippen LogP contribution in [0, 0.1) is 0 Å². The Hall–Kier alpha value is -0.920. The monoisotopic (exact) mass is 315 g/mol. The van der Waals surface area contributed by atoms with Crippen LogP contribution in [0.5, 0.6) is 0 Å². The summed E-state index contributed by atoms with van der Waals surface area (Å²) in [4.78, 5) is 2.44. The van der Waals surface area contributed by atoms with Gasteiger partial charge in [0.1, 0.15) is 0 Å². The molecule has 2 rings (SSSR count). The largest absolute Gasteiger partial charge is 0.397 e. The number of rotatable bonds is 4. The van der Waals surface area contributed by atoms with Crippen molar-refractivity contribution in [1.82, 2.24) is 4.72 Å². The smallest absolute Gasteiger partial charge is 0.240 e. The van der Waals surface area contributed by atoms with E-state index in [2.05, 4.69) is 16.5 Å². The van der Waals surface area contributed by atoms with Crippen LogP contribution in [0.1, 0.15) is 13.8 Å². The SMILES string of the molecule is CCNS(=O)(=O)c1ccc(N)c(N2CCSC(C)C2)c1. The average molecular weight is 315 g/mol. The van der Waals surface area contributed by atoms with Crippen LogP contribution in [0.2, 0.25) is 0 Å². The Bertz CT molecular complexity index is 575. The van der Waals surface area contributed by atoms with Crippen LogP contribution in [-0.2, 0) is 10.0 Å². The third kappa shape index (κ3) is 3.39. The zero-order valence-corrected chi connectivity index (χ0v) is 13.4. The number of nitrogen functional groups attached to an aromatic ring is 1. The maximum atomic E-state index is 12.1. The summed E-state index contributed by atoms with van der Waals surface area (Å²) < 4.78 is 26.6. The summed E-state index contributed by atoms with van der Waals surface area (Å²) in [6, 6.07) is 4.90. The summed E-state index contributed by atoms with van der Waals surface area (Å²) >= 11 is 1.93. The second-order valence-corrected chi connectivity index (χ2v) is 8.16. The predicted octanol–water partition coefficient (Wildman–Crippen LogP) is 1.51. The minimum absolute atomic E-state index is 0.273. The van der Waals surface area contributed by atoms with E-state index in [1.807, 2.05) is 11.8 Å². The van der Waals surface area contributed by atoms with E-state index < -0.39 is 10.0 Å². The first-order valence-electron chi connectivity index (χ1n) is 6.69. The molecule has 1 atom stereocenters. The van der Waals surface area contributed by atoms with E-state index in [4.69, 9.17) is 5.73 Å². The van der Waals surface area contributed by atoms with E-state index in [9.17, 15) is 8.42 Å². The van der Waals surface area contributed by atoms with Crippen LogP contribution in [0.25, 0.3) is 0 Å². The molecule has 0 amide bonds. The van der Waals surface area contributed by atoms with Gasteiger partial charge in [-0.1, -0.05) is 13.8 Å². The summed E-state index contributed by atoms with van der Waals surface area (Å²) in [5, 5.41) is 0.525. The van der Waals surface area contributed by atoms with Crippen molar-refractivity contribution in [3.63, 3.8) is 0 Å². The molecule has 1 aliphatic heterocycles. The molecule has 112 valence electrons. The highest BCUT2D eigenvalue weighted by atomic mass is 32.2. The van der Waals surface area contributed by atoms with Gasteiger partial charge in [-0.25, -0.2) is 13.1 Å². The lowest BCUT2D eigenvalue weighted by Gasteiger charge is -2.33. The average Bonchev–Trinajstić information content (AvgIpc) is 2.39. The summed E-state index contributed by atoms with van der Waals surface area (Å²) in [6.07, 6.45) is 0. The number of hydrogen-bond acceptors (Lipinski definition) is 5. The fourth-order valence-electron chi connectivity index (χ4n) is 2.28. The minimum Gasteiger partial charge on any atom is -0.397 e. The first-order valence-corrected chi connectivity index (χ1v) is 9.23. The highest BCUT2D eigenvalue weighted by molar-refractivity contribution is 8.00. The van der Waals surface area contributed by atoms with Crippen molar-refractivity contribution >= 4 is 33.2 Å². The molecule has 7 heteroatoms. The van der Waals surface area contributed by atoms with Crippen molar-refractivity contribution in [2.24, 2.45) is 0 Å². The van der Waals surface area contributed by atoms with Gasteiger partial charge in [-0.3, -0.25) is 0 Å². The van der Waals surface area contributed by atoms with Gasteiger partial charge in [0.2, 0.25) is 10.0 Å². The summed E-state index contributed by atoms with van der Waals surface area (Å²) in [5.74, 6) is 1.03. The number of nitrogens with one attached hydrogen (secondary N) is 1. The Kier molecular flexibility index (Phi) is 4.82. The molecular formula is C13H21N3O2S2. The van der Waals surface area contributed by atoms with Crippen molar-refractivity contribution in [2.75, 3.05) is 36.0 Å². The third-order valence-corrected chi connectivity index (χ3v) is 5.91. The number of sulfonamides is 1. The van der Waals surface area contributed by atoms with Crippen molar-refractivity contribution in [3.8, 4) is 0 Å². The molecule has 0 aromatic heterocycles. The molecule has 1 saturated heterocycles. The molecule has 0 aliphatic carbocycles. The van der Waals surface area contributed by atoms with Crippen molar-refractivity contribution < 1.29 is 8.42 Å². The molecule has 0 radical (unpaired) electrons. The maximum absolute atomic E-state index is 12.1. The molecule has 0 bridgehead atoms. The zero-order chi connectivity index (χ0) is 14.8. The standard InChI is InChI=1S/C13H21N3O2S2/c1-3-15-20(17,18)11-4-5-12(14)13(8-11)16-6-7-19-10(2)9-16/h4-5,8,10,15H,3,6-7,9,14H2,1-2H3. The van der Waals surface area contributed by atoms with Gasteiger partial charge >= 0.3 is 0 Å². The molecule has 1 aromatic carbocycles. The van der Waals surface area contributed by atoms with Crippen LogP contribution < -0.4 is 15.4 Å². The number of anilines is 2. The number of thioether (sulfide) groups is 1. The van der Waals surface area contributed by atoms with Crippen LogP contribution in [-0.4, -0.2) is 39.1 Å². The molecule has 1 aliphatic rings. The van der Waals surface area contributed by atoms with Crippen LogP contribution in [0.4, 0.5) is 11.4 Å². The van der Waals surface area contributed by atoms with E-state index >= 15 is 0 Å². The Labute approximate surface area is 125 Å². The van der Waals surface area contributed by atoms with Crippen molar-refractivity contribution in [2.45, 2.75) is 24.0 Å². The van der Waals surface area contributed by atoms with Gasteiger partial charge in [-0.15, -0.1) is 0 Å². The van der Waals surface area contributed by atoms with Crippen LogP contribution in [0.3, 0.4) is 0 Å². The fraction of sp³-hybridized carbons (Fsp3) is 0.538. The lowest BCUT2D eigenvalue weighted by Crippen LogP contribution is -2.37. The number of hydrogen-bond donors (Lipinski definition) is 2. The molecule has 5 nitrogen and oxygen atoms in total. The number of nitrogens with two attached hydrogens (primary N) is 1. The molecule has 3 N–H and O–H groups in total. The normalized spacial score (nSPS) is 20.1. The second kappa shape index (κ2) is 6.24. The zero-order valence-electron chi connectivity index (χ0n) is 11.8. The molecule has 1 unspecified atom stereocenters. The quantitative estimate of drug-likeness (QED) is 0.824. The topological polar surface area (TPSA) is 75.4 Å². The molecule has 1 heterocycles. The Balaban J connectivity index is 2.34. The number of nitrogens with zero attached hydrogens (tertiary/aromatic N) is 1. The van der Waals surface area contributed by atoms with Gasteiger partial charge < -0.3 is 10.6 Å². The van der Waals surface area contributed by atoms with E-state index in [0.717, 1.165) is 24.5 Å². The second-order valence-electron chi connectivity index (χ2n) is 4.85. The van der Waals surface area contributed by atoms with Crippen LogP contribution >= 0.6 is 11.8 Å². The molecular weight excluding hydrogens is 294 g/mol. The highest BCUT2D eigenvalue weighted by Crippen LogP contribution is 2.30. The summed E-state index contributed by atoms with van der Waals surface area (Å²) in [5.41, 5.74) is 7.46. The van der Waals surface area contributed by atoms with E-state index in [-0.39, 0.29) is 4.90 Å². The molecule has 20 heavy (non-hydrogen) atoms. The molecule has 0 saturated carbocycles. The van der Waals surface area contributed by atoms with E-state index in [1.54, 1.807) is 25.1 Å². The molecule has 1 aromatic rings. The Morgan fingerprint density at radius 2 is 2.25 bits per heavy atom. The van der Waals surface area contributed by atoms with Gasteiger partial charge in [0, 0.05) is 30.6 Å². The number of benzene rings is 1.